The lowest BCUT2D eigenvalue weighted by molar-refractivity contribution is 0.186. The molecule has 2 aliphatic rings. The van der Waals surface area contributed by atoms with Crippen LogP contribution in [0.15, 0.2) is 61.2 Å². The van der Waals surface area contributed by atoms with E-state index in [1.165, 1.54) is 22.7 Å². The quantitative estimate of drug-likeness (QED) is 0.271. The molecule has 0 saturated carbocycles. The average molecular weight is 607 g/mol. The van der Waals surface area contributed by atoms with Gasteiger partial charge in [0, 0.05) is 36.0 Å². The van der Waals surface area contributed by atoms with Gasteiger partial charge in [-0.1, -0.05) is 23.4 Å². The summed E-state index contributed by atoms with van der Waals surface area (Å²) in [4.78, 5) is 35.0. The van der Waals surface area contributed by atoms with Crippen LogP contribution in [0.25, 0.3) is 10.9 Å². The summed E-state index contributed by atoms with van der Waals surface area (Å²) in [7, 11) is 1.59. The zero-order valence-corrected chi connectivity index (χ0v) is 24.6. The topological polar surface area (TPSA) is 112 Å². The Bertz CT molecular complexity index is 1460. The third-order valence-electron chi connectivity index (χ3n) is 7.49. The monoisotopic (exact) mass is 605 g/mol. The van der Waals surface area contributed by atoms with E-state index in [9.17, 15) is 4.79 Å². The minimum absolute atomic E-state index is 0.0194. The number of aliphatic imine (C=N–C) groups is 1. The highest BCUT2D eigenvalue weighted by Gasteiger charge is 2.47. The zero-order valence-electron chi connectivity index (χ0n) is 21.5. The summed E-state index contributed by atoms with van der Waals surface area (Å²) in [6.45, 7) is 6.21. The van der Waals surface area contributed by atoms with Crippen molar-refractivity contribution < 1.29 is 4.74 Å². The number of hydrogen-bond acceptors (Lipinski definition) is 10. The first-order valence-electron chi connectivity index (χ1n) is 12.5. The van der Waals surface area contributed by atoms with Crippen molar-refractivity contribution in [3.63, 3.8) is 0 Å². The Kier molecular flexibility index (Phi) is 8.85. The summed E-state index contributed by atoms with van der Waals surface area (Å²) >= 11 is 15.6. The Balaban J connectivity index is 1.27. The first-order chi connectivity index (χ1) is 18.9. The van der Waals surface area contributed by atoms with E-state index in [2.05, 4.69) is 31.6 Å². The largest absolute Gasteiger partial charge is 0.383 e. The molecule has 2 N–H and O–H groups in total. The number of thioether (sulfide) groups is 1. The number of alkyl halides is 1. The molecule has 13 heteroatoms. The van der Waals surface area contributed by atoms with Gasteiger partial charge in [0.05, 0.1) is 58.7 Å². The van der Waals surface area contributed by atoms with E-state index in [-0.39, 0.29) is 17.0 Å². The van der Waals surface area contributed by atoms with Crippen molar-refractivity contribution in [2.24, 2.45) is 16.1 Å². The van der Waals surface area contributed by atoms with Gasteiger partial charge in [0.25, 0.3) is 5.56 Å². The molecule has 39 heavy (non-hydrogen) atoms. The predicted octanol–water partition coefficient (Wildman–Crippen LogP) is 4.80. The number of halogens is 2. The minimum atomic E-state index is -0.199. The van der Waals surface area contributed by atoms with E-state index in [0.29, 0.717) is 39.3 Å². The third kappa shape index (κ3) is 5.57. The highest BCUT2D eigenvalue weighted by Crippen LogP contribution is 2.51. The van der Waals surface area contributed by atoms with Gasteiger partial charge in [-0.15, -0.1) is 23.4 Å². The van der Waals surface area contributed by atoms with E-state index in [0.717, 1.165) is 53.7 Å². The lowest BCUT2D eigenvalue weighted by Gasteiger charge is -2.42. The van der Waals surface area contributed by atoms with Crippen LogP contribution in [0.2, 0.25) is 5.02 Å². The normalized spacial score (nSPS) is 18.9. The Morgan fingerprint density at radius 1 is 1.26 bits per heavy atom. The van der Waals surface area contributed by atoms with Gasteiger partial charge in [-0.3, -0.25) is 14.4 Å². The van der Waals surface area contributed by atoms with Crippen LogP contribution in [-0.2, 0) is 11.3 Å². The predicted molar refractivity (Wildman–Crippen MR) is 160 cm³/mol. The lowest BCUT2D eigenvalue weighted by atomic mass is 9.73. The third-order valence-corrected chi connectivity index (χ3v) is 10.2. The second-order valence-corrected chi connectivity index (χ2v) is 12.6. The van der Waals surface area contributed by atoms with Crippen molar-refractivity contribution in [3.05, 3.63) is 56.8 Å². The molecule has 1 spiro atoms. The number of piperidine rings is 1. The molecule has 1 aliphatic heterocycles. The van der Waals surface area contributed by atoms with Crippen molar-refractivity contribution in [2.75, 3.05) is 36.9 Å². The highest BCUT2D eigenvalue weighted by atomic mass is 35.5. The van der Waals surface area contributed by atoms with Crippen molar-refractivity contribution in [1.29, 1.82) is 0 Å². The van der Waals surface area contributed by atoms with Gasteiger partial charge in [0.1, 0.15) is 10.8 Å². The molecule has 3 aromatic rings. The molecule has 2 aromatic heterocycles. The average Bonchev–Trinajstić information content (AvgIpc) is 3.21. The summed E-state index contributed by atoms with van der Waals surface area (Å²) in [5, 5.41) is 1.88. The molecule has 1 saturated heterocycles. The van der Waals surface area contributed by atoms with Crippen LogP contribution in [0, 0.1) is 5.41 Å². The number of nitrogens with two attached hydrogens (primary N) is 1. The summed E-state index contributed by atoms with van der Waals surface area (Å²) < 4.78 is 6.59. The molecule has 3 heterocycles. The summed E-state index contributed by atoms with van der Waals surface area (Å²) in [6, 6.07) is 3.58. The fourth-order valence-corrected chi connectivity index (χ4v) is 7.60. The van der Waals surface area contributed by atoms with E-state index in [1.807, 2.05) is 6.07 Å². The summed E-state index contributed by atoms with van der Waals surface area (Å²) in [6.07, 6.45) is 7.74. The van der Waals surface area contributed by atoms with Crippen LogP contribution in [0.5, 0.6) is 0 Å². The van der Waals surface area contributed by atoms with Gasteiger partial charge < -0.3 is 15.4 Å². The smallest absolute Gasteiger partial charge is 0.262 e. The molecule has 1 atom stereocenters. The van der Waals surface area contributed by atoms with E-state index in [4.69, 9.17) is 33.7 Å². The maximum atomic E-state index is 13.0. The number of anilines is 1. The van der Waals surface area contributed by atoms with Crippen molar-refractivity contribution in [2.45, 2.75) is 41.8 Å². The van der Waals surface area contributed by atoms with E-state index >= 15 is 0 Å². The number of ether oxygens (including phenoxy) is 1. The Labute approximate surface area is 245 Å². The van der Waals surface area contributed by atoms with Crippen LogP contribution in [0.3, 0.4) is 0 Å². The number of rotatable bonds is 9. The van der Waals surface area contributed by atoms with Crippen LogP contribution >= 0.6 is 46.7 Å². The maximum Gasteiger partial charge on any atom is 0.262 e. The van der Waals surface area contributed by atoms with E-state index in [1.54, 1.807) is 37.3 Å². The molecule has 1 aliphatic carbocycles. The molecule has 0 radical (unpaired) electrons. The van der Waals surface area contributed by atoms with Crippen LogP contribution in [0.1, 0.15) is 19.3 Å². The SMILES string of the molecule is C=NC1=C(SCCl)C(N)C2(CCN(c3cnc(Sc4ccc5ncn(CCOC)c(=O)c5c4Cl)cn3)CC2)C1. The molecule has 9 nitrogen and oxygen atoms in total. The van der Waals surface area contributed by atoms with Gasteiger partial charge in [-0.25, -0.2) is 15.0 Å². The van der Waals surface area contributed by atoms with Crippen LogP contribution in [-0.4, -0.2) is 64.3 Å². The van der Waals surface area contributed by atoms with Crippen molar-refractivity contribution in [3.8, 4) is 0 Å². The van der Waals surface area contributed by atoms with Crippen molar-refractivity contribution in [1.82, 2.24) is 19.5 Å². The summed E-state index contributed by atoms with van der Waals surface area (Å²) in [5.74, 6) is 0.820. The molecule has 206 valence electrons. The standard InChI is InChI=1S/C26H29Cl2N7O2S2/c1-30-17-11-26(24(29)23(17)38-14-27)5-7-34(8-6-26)19-12-32-20(13-31-19)39-18-4-3-16-21(22(18)28)25(36)35(15-33-16)9-10-37-2/h3-4,12-13,15,24H,1,5-11,14,29H2,2H3. The number of methoxy groups -OCH3 is 1. The number of allylic oxidation sites excluding steroid dienone is 1. The Morgan fingerprint density at radius 2 is 2.05 bits per heavy atom. The number of nitrogens with zero attached hydrogens (tertiary/aromatic N) is 6. The first kappa shape index (κ1) is 28.4. The lowest BCUT2D eigenvalue weighted by Crippen LogP contribution is -2.48. The molecule has 1 aromatic carbocycles. The fraction of sp³-hybridized carbons (Fsp3) is 0.423. The molecule has 1 unspecified atom stereocenters. The second kappa shape index (κ2) is 12.2. The molecular weight excluding hydrogens is 577 g/mol. The van der Waals surface area contributed by atoms with Gasteiger partial charge >= 0.3 is 0 Å². The molecule has 5 rings (SSSR count). The van der Waals surface area contributed by atoms with Gasteiger partial charge in [0.2, 0.25) is 0 Å². The van der Waals surface area contributed by atoms with Gasteiger partial charge in [-0.05, 0) is 43.5 Å². The second-order valence-electron chi connectivity index (χ2n) is 9.55. The Morgan fingerprint density at radius 3 is 2.72 bits per heavy atom. The molecule has 1 fully saturated rings. The maximum absolute atomic E-state index is 13.0. The molecule has 0 bridgehead atoms. The Hall–Kier alpha value is -2.15. The number of hydrogen-bond donors (Lipinski definition) is 1. The van der Waals surface area contributed by atoms with Crippen molar-refractivity contribution >= 4 is 70.2 Å². The molecule has 0 amide bonds. The zero-order chi connectivity index (χ0) is 27.6. The highest BCUT2D eigenvalue weighted by molar-refractivity contribution is 8.04. The van der Waals surface area contributed by atoms with E-state index < -0.39 is 0 Å². The van der Waals surface area contributed by atoms with Crippen LogP contribution in [0.4, 0.5) is 5.82 Å². The summed E-state index contributed by atoms with van der Waals surface area (Å²) in [5.41, 5.74) is 8.01. The van der Waals surface area contributed by atoms with Gasteiger partial charge in [0.15, 0.2) is 0 Å². The number of aromatic nitrogens is 4. The first-order valence-corrected chi connectivity index (χ1v) is 15.2. The van der Waals surface area contributed by atoms with Gasteiger partial charge in [-0.2, -0.15) is 0 Å². The number of fused-ring (bicyclic) bond motifs is 1. The fourth-order valence-electron chi connectivity index (χ4n) is 5.27. The minimum Gasteiger partial charge on any atom is -0.383 e. The number of benzene rings is 1. The molecular formula is C26H29Cl2N7O2S2. The van der Waals surface area contributed by atoms with Crippen LogP contribution < -0.4 is 16.2 Å².